The number of nitrogens with zero attached hydrogens (tertiary/aromatic N) is 2. The Morgan fingerprint density at radius 1 is 1.38 bits per heavy atom. The van der Waals surface area contributed by atoms with Gasteiger partial charge < -0.3 is 19.7 Å². The number of carbonyl (C=O) groups excluding carboxylic acids is 1. The summed E-state index contributed by atoms with van der Waals surface area (Å²) in [7, 11) is 1.58. The molecule has 7 heteroatoms. The van der Waals surface area contributed by atoms with Gasteiger partial charge in [0.15, 0.2) is 0 Å². The first-order chi connectivity index (χ1) is 11.3. The van der Waals surface area contributed by atoms with Gasteiger partial charge in [0.25, 0.3) is 5.91 Å². The molecule has 0 saturated heterocycles. The van der Waals surface area contributed by atoms with Crippen LogP contribution >= 0.6 is 0 Å². The molecule has 0 fully saturated rings. The van der Waals surface area contributed by atoms with Crippen molar-refractivity contribution in [3.05, 3.63) is 35.7 Å². The molecule has 24 heavy (non-hydrogen) atoms. The van der Waals surface area contributed by atoms with Crippen LogP contribution in [0.3, 0.4) is 0 Å². The fourth-order valence-corrected chi connectivity index (χ4v) is 2.35. The molecule has 1 aromatic carbocycles. The zero-order valence-corrected chi connectivity index (χ0v) is 14.2. The Morgan fingerprint density at radius 3 is 2.67 bits per heavy atom. The van der Waals surface area contributed by atoms with E-state index >= 15 is 0 Å². The molecule has 128 valence electrons. The Kier molecular flexibility index (Phi) is 5.23. The predicted molar refractivity (Wildman–Crippen MR) is 89.1 cm³/mol. The van der Waals surface area contributed by atoms with Crippen molar-refractivity contribution in [2.24, 2.45) is 0 Å². The summed E-state index contributed by atoms with van der Waals surface area (Å²) in [4.78, 5) is 32.4. The number of imidazole rings is 1. The number of carbonyl (C=O) groups is 2. The van der Waals surface area contributed by atoms with E-state index in [1.807, 2.05) is 24.3 Å². The molecule has 1 aromatic heterocycles. The van der Waals surface area contributed by atoms with Crippen molar-refractivity contribution in [2.45, 2.75) is 26.8 Å². The summed E-state index contributed by atoms with van der Waals surface area (Å²) >= 11 is 0. The SMILES string of the molecule is COc1cccc(-c2nc(C(=O)N(CC(=O)O)C(C)C)c(C)[nH]2)c1. The fraction of sp³-hybridized carbons (Fsp3) is 0.353. The van der Waals surface area contributed by atoms with E-state index in [-0.39, 0.29) is 18.3 Å². The van der Waals surface area contributed by atoms with Gasteiger partial charge in [-0.3, -0.25) is 9.59 Å². The van der Waals surface area contributed by atoms with Gasteiger partial charge in [-0.25, -0.2) is 4.98 Å². The number of aryl methyl sites for hydroxylation is 1. The second kappa shape index (κ2) is 7.16. The number of aromatic nitrogens is 2. The van der Waals surface area contributed by atoms with Crippen LogP contribution in [0.15, 0.2) is 24.3 Å². The summed E-state index contributed by atoms with van der Waals surface area (Å²) in [5.74, 6) is -0.244. The lowest BCUT2D eigenvalue weighted by Crippen LogP contribution is -2.41. The second-order valence-electron chi connectivity index (χ2n) is 5.71. The van der Waals surface area contributed by atoms with Crippen molar-refractivity contribution < 1.29 is 19.4 Å². The van der Waals surface area contributed by atoms with Gasteiger partial charge in [-0.2, -0.15) is 0 Å². The lowest BCUT2D eigenvalue weighted by atomic mass is 10.2. The molecule has 0 aliphatic heterocycles. The Morgan fingerprint density at radius 2 is 2.08 bits per heavy atom. The minimum atomic E-state index is -1.06. The molecule has 0 aliphatic carbocycles. The number of carboxylic acid groups (broad SMARTS) is 1. The molecule has 0 atom stereocenters. The van der Waals surface area contributed by atoms with E-state index in [4.69, 9.17) is 9.84 Å². The molecule has 0 unspecified atom stereocenters. The van der Waals surface area contributed by atoms with Crippen molar-refractivity contribution in [3.63, 3.8) is 0 Å². The average Bonchev–Trinajstić information content (AvgIpc) is 2.93. The summed E-state index contributed by atoms with van der Waals surface area (Å²) in [5.41, 5.74) is 1.60. The van der Waals surface area contributed by atoms with E-state index in [9.17, 15) is 9.59 Å². The minimum absolute atomic E-state index is 0.225. The monoisotopic (exact) mass is 331 g/mol. The predicted octanol–water partition coefficient (Wildman–Crippen LogP) is 2.33. The number of amides is 1. The van der Waals surface area contributed by atoms with Gasteiger partial charge in [-0.1, -0.05) is 12.1 Å². The molecule has 1 amide bonds. The van der Waals surface area contributed by atoms with Gasteiger partial charge in [0.05, 0.1) is 7.11 Å². The molecule has 0 spiro atoms. The van der Waals surface area contributed by atoms with Crippen LogP contribution in [0.1, 0.15) is 30.0 Å². The van der Waals surface area contributed by atoms with E-state index in [0.29, 0.717) is 17.3 Å². The van der Waals surface area contributed by atoms with Crippen LogP contribution in [0.4, 0.5) is 0 Å². The summed E-state index contributed by atoms with van der Waals surface area (Å²) < 4.78 is 5.19. The molecule has 7 nitrogen and oxygen atoms in total. The molecule has 0 aliphatic rings. The van der Waals surface area contributed by atoms with Gasteiger partial charge in [-0.05, 0) is 32.9 Å². The number of H-pyrrole nitrogens is 1. The van der Waals surface area contributed by atoms with Gasteiger partial charge in [0.2, 0.25) is 0 Å². The number of methoxy groups -OCH3 is 1. The van der Waals surface area contributed by atoms with Crippen molar-refractivity contribution in [2.75, 3.05) is 13.7 Å². The van der Waals surface area contributed by atoms with Crippen LogP contribution in [0.25, 0.3) is 11.4 Å². The number of aromatic amines is 1. The molecule has 0 radical (unpaired) electrons. The normalized spacial score (nSPS) is 10.7. The number of aliphatic carboxylic acids is 1. The van der Waals surface area contributed by atoms with Crippen LogP contribution in [-0.2, 0) is 4.79 Å². The Hall–Kier alpha value is -2.83. The van der Waals surface area contributed by atoms with Crippen LogP contribution in [0, 0.1) is 6.92 Å². The third kappa shape index (κ3) is 3.73. The first-order valence-corrected chi connectivity index (χ1v) is 7.57. The number of rotatable bonds is 6. The topological polar surface area (TPSA) is 95.5 Å². The van der Waals surface area contributed by atoms with Crippen molar-refractivity contribution in [1.82, 2.24) is 14.9 Å². The molecular weight excluding hydrogens is 310 g/mol. The average molecular weight is 331 g/mol. The summed E-state index contributed by atoms with van der Waals surface area (Å²) in [6, 6.07) is 7.07. The Bertz CT molecular complexity index is 752. The van der Waals surface area contributed by atoms with Crippen LogP contribution in [-0.4, -0.2) is 51.5 Å². The van der Waals surface area contributed by atoms with Crippen molar-refractivity contribution in [1.29, 1.82) is 0 Å². The fourth-order valence-electron chi connectivity index (χ4n) is 2.35. The number of hydrogen-bond acceptors (Lipinski definition) is 4. The van der Waals surface area contributed by atoms with E-state index in [2.05, 4.69) is 9.97 Å². The molecule has 2 aromatic rings. The van der Waals surface area contributed by atoms with Crippen LogP contribution in [0.2, 0.25) is 0 Å². The maximum absolute atomic E-state index is 12.7. The highest BCUT2D eigenvalue weighted by Crippen LogP contribution is 2.23. The maximum Gasteiger partial charge on any atom is 0.323 e. The molecule has 2 rings (SSSR count). The first kappa shape index (κ1) is 17.5. The van der Waals surface area contributed by atoms with Crippen molar-refractivity contribution in [3.8, 4) is 17.1 Å². The van der Waals surface area contributed by atoms with Gasteiger partial charge in [0.1, 0.15) is 23.8 Å². The number of carboxylic acids is 1. The molecule has 1 heterocycles. The third-order valence-corrected chi connectivity index (χ3v) is 3.62. The van der Waals surface area contributed by atoms with Crippen molar-refractivity contribution >= 4 is 11.9 Å². The number of ether oxygens (including phenoxy) is 1. The number of hydrogen-bond donors (Lipinski definition) is 2. The van der Waals surface area contributed by atoms with Gasteiger partial charge >= 0.3 is 5.97 Å². The highest BCUT2D eigenvalue weighted by Gasteiger charge is 2.25. The van der Waals surface area contributed by atoms with E-state index < -0.39 is 11.9 Å². The minimum Gasteiger partial charge on any atom is -0.497 e. The number of nitrogens with one attached hydrogen (secondary N) is 1. The molecule has 2 N–H and O–H groups in total. The third-order valence-electron chi connectivity index (χ3n) is 3.62. The molecule has 0 saturated carbocycles. The zero-order chi connectivity index (χ0) is 17.9. The number of benzene rings is 1. The maximum atomic E-state index is 12.7. The Balaban J connectivity index is 2.36. The van der Waals surface area contributed by atoms with E-state index in [0.717, 1.165) is 5.56 Å². The highest BCUT2D eigenvalue weighted by atomic mass is 16.5. The quantitative estimate of drug-likeness (QED) is 0.847. The van der Waals surface area contributed by atoms with Crippen LogP contribution < -0.4 is 4.74 Å². The van der Waals surface area contributed by atoms with Gasteiger partial charge in [-0.15, -0.1) is 0 Å². The molecular formula is C17H21N3O4. The first-order valence-electron chi connectivity index (χ1n) is 7.57. The lowest BCUT2D eigenvalue weighted by molar-refractivity contribution is -0.138. The lowest BCUT2D eigenvalue weighted by Gasteiger charge is -2.24. The van der Waals surface area contributed by atoms with Crippen LogP contribution in [0.5, 0.6) is 5.75 Å². The second-order valence-corrected chi connectivity index (χ2v) is 5.71. The smallest absolute Gasteiger partial charge is 0.323 e. The Labute approximate surface area is 140 Å². The van der Waals surface area contributed by atoms with Gasteiger partial charge in [0, 0.05) is 17.3 Å². The highest BCUT2D eigenvalue weighted by molar-refractivity contribution is 5.96. The van der Waals surface area contributed by atoms with E-state index in [1.54, 1.807) is 27.9 Å². The summed E-state index contributed by atoms with van der Waals surface area (Å²) in [6.45, 7) is 4.91. The standard InChI is InChI=1S/C17H21N3O4/c1-10(2)20(9-14(21)22)17(23)15-11(3)18-16(19-15)12-6-5-7-13(8-12)24-4/h5-8,10H,9H2,1-4H3,(H,18,19)(H,21,22). The summed E-state index contributed by atoms with van der Waals surface area (Å²) in [5, 5.41) is 9.00. The zero-order valence-electron chi connectivity index (χ0n) is 14.2. The largest absolute Gasteiger partial charge is 0.497 e. The summed E-state index contributed by atoms with van der Waals surface area (Å²) in [6.07, 6.45) is 0. The van der Waals surface area contributed by atoms with E-state index in [1.165, 1.54) is 4.90 Å². The molecule has 0 bridgehead atoms.